The Kier molecular flexibility index (Phi) is 4.86. The number of primary amides is 1. The van der Waals surface area contributed by atoms with Gasteiger partial charge < -0.3 is 16.4 Å². The second-order valence-electron chi connectivity index (χ2n) is 3.38. The molecule has 0 saturated heterocycles. The van der Waals surface area contributed by atoms with Crippen molar-refractivity contribution in [2.45, 2.75) is 13.3 Å². The smallest absolute Gasteiger partial charge is 0.272 e. The summed E-state index contributed by atoms with van der Waals surface area (Å²) in [6, 6.07) is 3.18. The highest BCUT2D eigenvalue weighted by Crippen LogP contribution is 2.01. The molecule has 7 heteroatoms. The van der Waals surface area contributed by atoms with Crippen molar-refractivity contribution in [3.63, 3.8) is 0 Å². The predicted octanol–water partition coefficient (Wildman–Crippen LogP) is -0.486. The van der Waals surface area contributed by atoms with Crippen LogP contribution in [0.1, 0.15) is 23.8 Å². The molecular weight excluding hydrogens is 222 g/mol. The largest absolute Gasteiger partial charge is 0.369 e. The Morgan fingerprint density at radius 2 is 2.12 bits per heavy atom. The van der Waals surface area contributed by atoms with Crippen molar-refractivity contribution < 1.29 is 9.59 Å². The van der Waals surface area contributed by atoms with E-state index in [4.69, 9.17) is 5.73 Å². The number of anilines is 1. The summed E-state index contributed by atoms with van der Waals surface area (Å²) in [5.41, 5.74) is 5.04. The molecule has 0 fully saturated rings. The SMILES string of the molecule is CCCNc1ccc(C(=O)NCC(N)=O)nn1. The number of nitrogens with one attached hydrogen (secondary N) is 2. The molecule has 1 heterocycles. The maximum atomic E-state index is 11.4. The van der Waals surface area contributed by atoms with Gasteiger partial charge in [0.15, 0.2) is 5.69 Å². The standard InChI is InChI=1S/C10H15N5O2/c1-2-5-12-9-4-3-7(14-15-9)10(17)13-6-8(11)16/h3-4H,2,5-6H2,1H3,(H2,11,16)(H,12,15)(H,13,17). The van der Waals surface area contributed by atoms with Gasteiger partial charge in [-0.3, -0.25) is 9.59 Å². The number of hydrogen-bond donors (Lipinski definition) is 3. The summed E-state index contributed by atoms with van der Waals surface area (Å²) in [4.78, 5) is 21.9. The number of nitrogens with two attached hydrogens (primary N) is 1. The van der Waals surface area contributed by atoms with Crippen LogP contribution < -0.4 is 16.4 Å². The molecule has 1 aromatic rings. The molecule has 0 aliphatic carbocycles. The van der Waals surface area contributed by atoms with Gasteiger partial charge in [0, 0.05) is 6.54 Å². The van der Waals surface area contributed by atoms with Gasteiger partial charge >= 0.3 is 0 Å². The van der Waals surface area contributed by atoms with Gasteiger partial charge in [0.2, 0.25) is 5.91 Å². The zero-order chi connectivity index (χ0) is 12.7. The van der Waals surface area contributed by atoms with Gasteiger partial charge in [0.05, 0.1) is 6.54 Å². The fourth-order valence-corrected chi connectivity index (χ4v) is 1.06. The number of rotatable bonds is 6. The van der Waals surface area contributed by atoms with Gasteiger partial charge in [-0.2, -0.15) is 0 Å². The van der Waals surface area contributed by atoms with E-state index in [1.807, 2.05) is 6.92 Å². The van der Waals surface area contributed by atoms with E-state index in [0.29, 0.717) is 5.82 Å². The van der Waals surface area contributed by atoms with E-state index in [-0.39, 0.29) is 12.2 Å². The molecule has 0 spiro atoms. The summed E-state index contributed by atoms with van der Waals surface area (Å²) in [6.07, 6.45) is 0.975. The molecule has 4 N–H and O–H groups in total. The first kappa shape index (κ1) is 12.9. The lowest BCUT2D eigenvalue weighted by Gasteiger charge is -2.04. The van der Waals surface area contributed by atoms with E-state index in [0.717, 1.165) is 13.0 Å². The Morgan fingerprint density at radius 1 is 1.35 bits per heavy atom. The first-order valence-electron chi connectivity index (χ1n) is 5.27. The van der Waals surface area contributed by atoms with Crippen LogP contribution in [0.3, 0.4) is 0 Å². The highest BCUT2D eigenvalue weighted by atomic mass is 16.2. The zero-order valence-electron chi connectivity index (χ0n) is 9.56. The third-order valence-corrected chi connectivity index (χ3v) is 1.88. The number of hydrogen-bond acceptors (Lipinski definition) is 5. The topological polar surface area (TPSA) is 110 Å². The van der Waals surface area contributed by atoms with Crippen LogP contribution in [0.4, 0.5) is 5.82 Å². The van der Waals surface area contributed by atoms with Gasteiger partial charge in [-0.05, 0) is 18.6 Å². The molecular formula is C10H15N5O2. The lowest BCUT2D eigenvalue weighted by Crippen LogP contribution is -2.33. The Morgan fingerprint density at radius 3 is 2.65 bits per heavy atom. The number of aromatic nitrogens is 2. The van der Waals surface area contributed by atoms with E-state index in [1.54, 1.807) is 6.07 Å². The van der Waals surface area contributed by atoms with Crippen molar-refractivity contribution in [3.05, 3.63) is 17.8 Å². The molecule has 0 atom stereocenters. The van der Waals surface area contributed by atoms with Crippen LogP contribution in [0.2, 0.25) is 0 Å². The van der Waals surface area contributed by atoms with Crippen LogP contribution >= 0.6 is 0 Å². The van der Waals surface area contributed by atoms with Gasteiger partial charge in [0.1, 0.15) is 5.82 Å². The van der Waals surface area contributed by atoms with Crippen molar-refractivity contribution in [2.24, 2.45) is 5.73 Å². The second-order valence-corrected chi connectivity index (χ2v) is 3.38. The van der Waals surface area contributed by atoms with Crippen LogP contribution in [-0.4, -0.2) is 35.1 Å². The minimum atomic E-state index is -0.604. The first-order chi connectivity index (χ1) is 8.13. The van der Waals surface area contributed by atoms with Crippen LogP contribution in [-0.2, 0) is 4.79 Å². The summed E-state index contributed by atoms with van der Waals surface area (Å²) in [6.45, 7) is 2.62. The van der Waals surface area contributed by atoms with E-state index in [2.05, 4.69) is 20.8 Å². The molecule has 0 aromatic carbocycles. The molecule has 0 aliphatic heterocycles. The van der Waals surface area contributed by atoms with Gasteiger partial charge in [-0.1, -0.05) is 6.92 Å². The number of amides is 2. The fourth-order valence-electron chi connectivity index (χ4n) is 1.06. The summed E-state index contributed by atoms with van der Waals surface area (Å²) >= 11 is 0. The van der Waals surface area contributed by atoms with Crippen LogP contribution in [0, 0.1) is 0 Å². The normalized spacial score (nSPS) is 9.71. The van der Waals surface area contributed by atoms with Crippen molar-refractivity contribution in [1.29, 1.82) is 0 Å². The van der Waals surface area contributed by atoms with E-state index < -0.39 is 11.8 Å². The molecule has 1 aromatic heterocycles. The van der Waals surface area contributed by atoms with Crippen LogP contribution in [0.5, 0.6) is 0 Å². The summed E-state index contributed by atoms with van der Waals surface area (Å²) in [5, 5.41) is 12.9. The highest BCUT2D eigenvalue weighted by Gasteiger charge is 2.08. The minimum absolute atomic E-state index is 0.147. The molecule has 2 amide bonds. The molecule has 1 rings (SSSR count). The molecule has 17 heavy (non-hydrogen) atoms. The molecule has 0 aliphatic rings. The quantitative estimate of drug-likeness (QED) is 0.618. The van der Waals surface area contributed by atoms with Crippen LogP contribution in [0.25, 0.3) is 0 Å². The highest BCUT2D eigenvalue weighted by molar-refractivity contribution is 5.94. The molecule has 0 bridgehead atoms. The molecule has 7 nitrogen and oxygen atoms in total. The summed E-state index contributed by atoms with van der Waals surface area (Å²) in [7, 11) is 0. The molecule has 92 valence electrons. The van der Waals surface area contributed by atoms with E-state index in [9.17, 15) is 9.59 Å². The van der Waals surface area contributed by atoms with Crippen molar-refractivity contribution in [2.75, 3.05) is 18.4 Å². The van der Waals surface area contributed by atoms with Crippen molar-refractivity contribution in [3.8, 4) is 0 Å². The predicted molar refractivity (Wildman–Crippen MR) is 62.3 cm³/mol. The summed E-state index contributed by atoms with van der Waals surface area (Å²) in [5.74, 6) is -0.468. The lowest BCUT2D eigenvalue weighted by molar-refractivity contribution is -0.117. The summed E-state index contributed by atoms with van der Waals surface area (Å²) < 4.78 is 0. The Balaban J connectivity index is 2.54. The van der Waals surface area contributed by atoms with Gasteiger partial charge in [-0.15, -0.1) is 10.2 Å². The average molecular weight is 237 g/mol. The lowest BCUT2D eigenvalue weighted by atomic mass is 10.3. The number of nitrogens with zero attached hydrogens (tertiary/aromatic N) is 2. The third kappa shape index (κ3) is 4.45. The fraction of sp³-hybridized carbons (Fsp3) is 0.400. The van der Waals surface area contributed by atoms with E-state index in [1.165, 1.54) is 6.07 Å². The zero-order valence-corrected chi connectivity index (χ0v) is 9.56. The van der Waals surface area contributed by atoms with Gasteiger partial charge in [-0.25, -0.2) is 0 Å². The molecule has 0 radical (unpaired) electrons. The van der Waals surface area contributed by atoms with Crippen LogP contribution in [0.15, 0.2) is 12.1 Å². The maximum Gasteiger partial charge on any atom is 0.272 e. The van der Waals surface area contributed by atoms with Crippen molar-refractivity contribution in [1.82, 2.24) is 15.5 Å². The number of carbonyl (C=O) groups is 2. The van der Waals surface area contributed by atoms with E-state index >= 15 is 0 Å². The Hall–Kier alpha value is -2.18. The van der Waals surface area contributed by atoms with Crippen molar-refractivity contribution >= 4 is 17.6 Å². The third-order valence-electron chi connectivity index (χ3n) is 1.88. The molecule has 0 saturated carbocycles. The Labute approximate surface area is 98.8 Å². The second kappa shape index (κ2) is 6.41. The van der Waals surface area contributed by atoms with Gasteiger partial charge in [0.25, 0.3) is 5.91 Å². The Bertz CT molecular complexity index is 390. The minimum Gasteiger partial charge on any atom is -0.369 e. The number of carbonyl (C=O) groups excluding carboxylic acids is 2. The molecule has 0 unspecified atom stereocenters. The monoisotopic (exact) mass is 237 g/mol. The average Bonchev–Trinajstić information content (AvgIpc) is 2.34. The first-order valence-corrected chi connectivity index (χ1v) is 5.27. The maximum absolute atomic E-state index is 11.4.